The van der Waals surface area contributed by atoms with Gasteiger partial charge < -0.3 is 8.98 Å². The Labute approximate surface area is 329 Å². The number of furan rings is 1. The van der Waals surface area contributed by atoms with E-state index in [9.17, 15) is 0 Å². The molecule has 0 N–H and O–H groups in total. The quantitative estimate of drug-likeness (QED) is 0.181. The highest BCUT2D eigenvalue weighted by atomic mass is 32.1. The standard InChI is InChI=1S/C52H29N3OS/c1-2-13-31-26-34(25-24-30(31)12-1)48-51-49(38-19-8-10-23-46(38)57-51)54-52(53-48)40-29-41-47-43(21-11-22-45(47)56-50(41)37-18-6-5-16-35(37)40)55-42-20-9-7-17-36(42)39-27-32-14-3-4-15-33(32)28-44(39)55/h1-29H. The molecular weight excluding hydrogens is 715 g/mol. The van der Waals surface area contributed by atoms with Crippen molar-refractivity contribution < 1.29 is 4.42 Å². The molecule has 5 heteroatoms. The summed E-state index contributed by atoms with van der Waals surface area (Å²) in [4.78, 5) is 11.0. The zero-order valence-electron chi connectivity index (χ0n) is 30.4. The number of aromatic nitrogens is 3. The first-order chi connectivity index (χ1) is 28.2. The van der Waals surface area contributed by atoms with Crippen molar-refractivity contribution in [1.29, 1.82) is 0 Å². The van der Waals surface area contributed by atoms with Crippen molar-refractivity contribution in [2.75, 3.05) is 0 Å². The van der Waals surface area contributed by atoms with Crippen molar-refractivity contribution in [1.82, 2.24) is 14.5 Å². The predicted octanol–water partition coefficient (Wildman–Crippen LogP) is 14.6. The van der Waals surface area contributed by atoms with Gasteiger partial charge in [-0.15, -0.1) is 11.3 Å². The Balaban J connectivity index is 1.14. The van der Waals surface area contributed by atoms with Gasteiger partial charge in [0, 0.05) is 42.8 Å². The van der Waals surface area contributed by atoms with Crippen molar-refractivity contribution in [2.24, 2.45) is 0 Å². The Morgan fingerprint density at radius 1 is 0.474 bits per heavy atom. The minimum Gasteiger partial charge on any atom is -0.455 e. The highest BCUT2D eigenvalue weighted by Crippen LogP contribution is 2.45. The van der Waals surface area contributed by atoms with E-state index in [0.717, 1.165) is 81.9 Å². The van der Waals surface area contributed by atoms with Crippen LogP contribution in [0.1, 0.15) is 0 Å². The number of benzene rings is 9. The highest BCUT2D eigenvalue weighted by Gasteiger charge is 2.23. The van der Waals surface area contributed by atoms with E-state index in [1.807, 2.05) is 0 Å². The number of para-hydroxylation sites is 1. The van der Waals surface area contributed by atoms with Gasteiger partial charge in [-0.25, -0.2) is 9.97 Å². The lowest BCUT2D eigenvalue weighted by Gasteiger charge is -2.12. The van der Waals surface area contributed by atoms with Gasteiger partial charge in [0.2, 0.25) is 0 Å². The summed E-state index contributed by atoms with van der Waals surface area (Å²) in [7, 11) is 0. The minimum atomic E-state index is 0.697. The van der Waals surface area contributed by atoms with E-state index >= 15 is 0 Å². The molecule has 0 saturated heterocycles. The second-order valence-corrected chi connectivity index (χ2v) is 16.0. The predicted molar refractivity (Wildman–Crippen MR) is 240 cm³/mol. The van der Waals surface area contributed by atoms with Crippen LogP contribution in [0, 0.1) is 0 Å². The van der Waals surface area contributed by atoms with Crippen LogP contribution in [0.15, 0.2) is 180 Å². The molecule has 0 saturated carbocycles. The van der Waals surface area contributed by atoms with Gasteiger partial charge in [0.15, 0.2) is 5.82 Å². The second-order valence-electron chi connectivity index (χ2n) is 14.9. The molecule has 0 radical (unpaired) electrons. The molecule has 57 heavy (non-hydrogen) atoms. The summed E-state index contributed by atoms with van der Waals surface area (Å²) in [6.45, 7) is 0. The Bertz CT molecular complexity index is 3830. The molecule has 0 unspecified atom stereocenters. The molecule has 9 aromatic carbocycles. The maximum absolute atomic E-state index is 6.89. The number of rotatable bonds is 3. The van der Waals surface area contributed by atoms with E-state index < -0.39 is 0 Å². The van der Waals surface area contributed by atoms with Crippen LogP contribution in [-0.2, 0) is 0 Å². The van der Waals surface area contributed by atoms with Gasteiger partial charge in [0.1, 0.15) is 11.2 Å². The first-order valence-electron chi connectivity index (χ1n) is 19.2. The van der Waals surface area contributed by atoms with E-state index in [-0.39, 0.29) is 0 Å². The Morgan fingerprint density at radius 2 is 1.18 bits per heavy atom. The van der Waals surface area contributed by atoms with Crippen molar-refractivity contribution in [3.8, 4) is 28.3 Å². The van der Waals surface area contributed by atoms with Crippen LogP contribution in [0.2, 0.25) is 0 Å². The zero-order chi connectivity index (χ0) is 37.2. The molecule has 4 aromatic heterocycles. The summed E-state index contributed by atoms with van der Waals surface area (Å²) in [5.74, 6) is 0.697. The lowest BCUT2D eigenvalue weighted by molar-refractivity contribution is 0.672. The van der Waals surface area contributed by atoms with E-state index in [1.54, 1.807) is 11.3 Å². The summed E-state index contributed by atoms with van der Waals surface area (Å²) in [5.41, 5.74) is 9.07. The molecule has 0 fully saturated rings. The number of nitrogens with zero attached hydrogens (tertiary/aromatic N) is 3. The Hall–Kier alpha value is -7.34. The van der Waals surface area contributed by atoms with Crippen molar-refractivity contribution in [3.05, 3.63) is 176 Å². The summed E-state index contributed by atoms with van der Waals surface area (Å²) >= 11 is 1.76. The van der Waals surface area contributed by atoms with Crippen molar-refractivity contribution in [3.63, 3.8) is 0 Å². The fourth-order valence-electron chi connectivity index (χ4n) is 9.16. The molecule has 0 amide bonds. The first kappa shape index (κ1) is 30.9. The van der Waals surface area contributed by atoms with Crippen LogP contribution < -0.4 is 0 Å². The van der Waals surface area contributed by atoms with Crippen molar-refractivity contribution >= 4 is 108 Å². The van der Waals surface area contributed by atoms with Crippen LogP contribution >= 0.6 is 11.3 Å². The minimum absolute atomic E-state index is 0.697. The van der Waals surface area contributed by atoms with Crippen LogP contribution in [0.4, 0.5) is 0 Å². The van der Waals surface area contributed by atoms with Crippen LogP contribution in [0.3, 0.4) is 0 Å². The lowest BCUT2D eigenvalue weighted by Crippen LogP contribution is -1.96. The second kappa shape index (κ2) is 11.6. The molecule has 4 heterocycles. The smallest absolute Gasteiger partial charge is 0.161 e. The van der Waals surface area contributed by atoms with Gasteiger partial charge >= 0.3 is 0 Å². The van der Waals surface area contributed by atoms with Gasteiger partial charge in [-0.05, 0) is 75.5 Å². The Kier molecular flexibility index (Phi) is 6.29. The molecule has 0 spiro atoms. The maximum atomic E-state index is 6.89. The molecule has 13 rings (SSSR count). The van der Waals surface area contributed by atoms with Gasteiger partial charge in [-0.2, -0.15) is 0 Å². The molecule has 0 aliphatic rings. The average Bonchev–Trinajstić information content (AvgIpc) is 3.94. The average molecular weight is 744 g/mol. The zero-order valence-corrected chi connectivity index (χ0v) is 31.2. The Morgan fingerprint density at radius 3 is 2.04 bits per heavy atom. The van der Waals surface area contributed by atoms with Gasteiger partial charge in [-0.1, -0.05) is 127 Å². The molecule has 4 nitrogen and oxygen atoms in total. The van der Waals surface area contributed by atoms with Crippen LogP contribution in [0.25, 0.3) is 125 Å². The fourth-order valence-corrected chi connectivity index (χ4v) is 10.3. The summed E-state index contributed by atoms with van der Waals surface area (Å²) in [6.07, 6.45) is 0. The first-order valence-corrected chi connectivity index (χ1v) is 20.0. The van der Waals surface area contributed by atoms with Crippen LogP contribution in [-0.4, -0.2) is 14.5 Å². The highest BCUT2D eigenvalue weighted by molar-refractivity contribution is 7.26. The SMILES string of the molecule is c1ccc2cc(-c3nc(-c4cc5c(oc6cccc(-n7c8ccccc8c8cc9ccccc9cc87)c65)c5ccccc45)nc4c3sc3ccccc34)ccc2c1. The molecule has 0 aliphatic heterocycles. The molecular formula is C52H29N3OS. The third kappa shape index (κ3) is 4.43. The summed E-state index contributed by atoms with van der Waals surface area (Å²) < 4.78 is 11.6. The molecule has 0 atom stereocenters. The van der Waals surface area contributed by atoms with E-state index in [1.165, 1.54) is 37.0 Å². The monoisotopic (exact) mass is 743 g/mol. The number of hydrogen-bond acceptors (Lipinski definition) is 4. The van der Waals surface area contributed by atoms with Gasteiger partial charge in [-0.3, -0.25) is 0 Å². The third-order valence-corrected chi connectivity index (χ3v) is 12.9. The van der Waals surface area contributed by atoms with E-state index in [0.29, 0.717) is 5.82 Å². The third-order valence-electron chi connectivity index (χ3n) is 11.7. The van der Waals surface area contributed by atoms with Gasteiger partial charge in [0.05, 0.1) is 38.0 Å². The summed E-state index contributed by atoms with van der Waals surface area (Å²) in [5, 5.41) is 12.6. The normalized spacial score (nSPS) is 12.2. The lowest BCUT2D eigenvalue weighted by atomic mass is 9.98. The molecule has 264 valence electrons. The molecule has 0 bridgehead atoms. The number of hydrogen-bond donors (Lipinski definition) is 0. The molecule has 13 aromatic rings. The largest absolute Gasteiger partial charge is 0.455 e. The molecule has 0 aliphatic carbocycles. The van der Waals surface area contributed by atoms with E-state index in [2.05, 4.69) is 180 Å². The summed E-state index contributed by atoms with van der Waals surface area (Å²) in [6, 6.07) is 63.0. The van der Waals surface area contributed by atoms with Crippen molar-refractivity contribution in [2.45, 2.75) is 0 Å². The van der Waals surface area contributed by atoms with Gasteiger partial charge in [0.25, 0.3) is 0 Å². The number of fused-ring (bicyclic) bond motifs is 13. The topological polar surface area (TPSA) is 43.9 Å². The number of thiophene rings is 1. The maximum Gasteiger partial charge on any atom is 0.161 e. The van der Waals surface area contributed by atoms with E-state index in [4.69, 9.17) is 14.4 Å². The van der Waals surface area contributed by atoms with Crippen LogP contribution in [0.5, 0.6) is 0 Å². The fraction of sp³-hybridized carbons (Fsp3) is 0.